The molecule has 0 bridgehead atoms. The van der Waals surface area contributed by atoms with Crippen LogP contribution in [0.25, 0.3) is 60.5 Å². The van der Waals surface area contributed by atoms with Crippen LogP contribution in [0.15, 0.2) is 182 Å². The Balaban J connectivity index is 1.13. The highest BCUT2D eigenvalue weighted by atomic mass is 15.1. The molecule has 0 saturated heterocycles. The summed E-state index contributed by atoms with van der Waals surface area (Å²) in [5.74, 6) is 0. The predicted molar refractivity (Wildman–Crippen MR) is 216 cm³/mol. The first-order valence-corrected chi connectivity index (χ1v) is 17.8. The lowest BCUT2D eigenvalue weighted by Crippen LogP contribution is -2.20. The number of benzene rings is 8. The molecule has 0 saturated carbocycles. The first-order chi connectivity index (χ1) is 25.1. The molecule has 1 aliphatic rings. The van der Waals surface area contributed by atoms with Crippen LogP contribution in [0.3, 0.4) is 0 Å². The van der Waals surface area contributed by atoms with Crippen LogP contribution in [-0.4, -0.2) is 4.57 Å². The molecule has 0 spiro atoms. The van der Waals surface area contributed by atoms with Gasteiger partial charge in [0.15, 0.2) is 0 Å². The Bertz CT molecular complexity index is 2750. The molecule has 0 aliphatic heterocycles. The Kier molecular flexibility index (Phi) is 6.56. The van der Waals surface area contributed by atoms with Gasteiger partial charge in [0.25, 0.3) is 0 Å². The Labute approximate surface area is 298 Å². The van der Waals surface area contributed by atoms with Gasteiger partial charge in [0, 0.05) is 33.2 Å². The van der Waals surface area contributed by atoms with Crippen LogP contribution < -0.4 is 4.90 Å². The fourth-order valence-corrected chi connectivity index (χ4v) is 8.64. The van der Waals surface area contributed by atoms with Gasteiger partial charge in [-0.05, 0) is 105 Å². The molecule has 51 heavy (non-hydrogen) atoms. The lowest BCUT2D eigenvalue weighted by Gasteiger charge is -2.32. The number of hydrogen-bond acceptors (Lipinski definition) is 1. The number of hydrogen-bond donors (Lipinski definition) is 0. The average molecular weight is 653 g/mol. The Morgan fingerprint density at radius 2 is 1.12 bits per heavy atom. The van der Waals surface area contributed by atoms with E-state index in [2.05, 4.69) is 205 Å². The average Bonchev–Trinajstić information content (AvgIpc) is 3.65. The highest BCUT2D eigenvalue weighted by Gasteiger charge is 2.38. The molecular weight excluding hydrogens is 617 g/mol. The summed E-state index contributed by atoms with van der Waals surface area (Å²) in [6, 6.07) is 66.5. The van der Waals surface area contributed by atoms with E-state index < -0.39 is 0 Å². The zero-order chi connectivity index (χ0) is 34.1. The standard InChI is InChI=1S/C49H36N2/c1-49(2)43-22-12-11-20-40(43)41-21-13-23-46(48(41)49)50(36-15-5-3-6-16-36)38-28-24-33(25-29-38)35-27-30-44-42(32-35)47-39-19-10-9-14-34(39)26-31-45(47)51(44)37-17-7-4-8-18-37/h3-32H,1-2H3. The third-order valence-corrected chi connectivity index (χ3v) is 10.9. The van der Waals surface area contributed by atoms with Gasteiger partial charge in [-0.2, -0.15) is 0 Å². The number of nitrogens with zero attached hydrogens (tertiary/aromatic N) is 2. The van der Waals surface area contributed by atoms with Crippen molar-refractivity contribution in [2.24, 2.45) is 0 Å². The van der Waals surface area contributed by atoms with Gasteiger partial charge >= 0.3 is 0 Å². The van der Waals surface area contributed by atoms with Gasteiger partial charge in [0.05, 0.1) is 16.7 Å². The van der Waals surface area contributed by atoms with Gasteiger partial charge in [-0.25, -0.2) is 0 Å². The van der Waals surface area contributed by atoms with Crippen molar-refractivity contribution in [2.75, 3.05) is 4.90 Å². The summed E-state index contributed by atoms with van der Waals surface area (Å²) in [5.41, 5.74) is 14.8. The van der Waals surface area contributed by atoms with Crippen LogP contribution in [-0.2, 0) is 5.41 Å². The van der Waals surface area contributed by atoms with Crippen molar-refractivity contribution < 1.29 is 0 Å². The first-order valence-electron chi connectivity index (χ1n) is 17.8. The third-order valence-electron chi connectivity index (χ3n) is 10.9. The van der Waals surface area contributed by atoms with Crippen molar-refractivity contribution in [2.45, 2.75) is 19.3 Å². The van der Waals surface area contributed by atoms with Crippen molar-refractivity contribution in [1.82, 2.24) is 4.57 Å². The van der Waals surface area contributed by atoms with Crippen LogP contribution in [0.4, 0.5) is 17.1 Å². The van der Waals surface area contributed by atoms with Crippen LogP contribution in [0.1, 0.15) is 25.0 Å². The van der Waals surface area contributed by atoms with Crippen molar-refractivity contribution in [1.29, 1.82) is 0 Å². The minimum Gasteiger partial charge on any atom is -0.310 e. The summed E-state index contributed by atoms with van der Waals surface area (Å²) < 4.78 is 2.40. The van der Waals surface area contributed by atoms with Gasteiger partial charge in [-0.1, -0.05) is 135 Å². The van der Waals surface area contributed by atoms with Gasteiger partial charge in [0.2, 0.25) is 0 Å². The monoisotopic (exact) mass is 652 g/mol. The number of rotatable bonds is 5. The van der Waals surface area contributed by atoms with Crippen LogP contribution in [0.2, 0.25) is 0 Å². The maximum absolute atomic E-state index is 2.43. The van der Waals surface area contributed by atoms with E-state index in [9.17, 15) is 0 Å². The topological polar surface area (TPSA) is 8.17 Å². The molecule has 1 aromatic heterocycles. The molecular formula is C49H36N2. The number of anilines is 3. The predicted octanol–water partition coefficient (Wildman–Crippen LogP) is 13.4. The van der Waals surface area contributed by atoms with Gasteiger partial charge in [0.1, 0.15) is 0 Å². The molecule has 9 aromatic rings. The van der Waals surface area contributed by atoms with E-state index >= 15 is 0 Å². The highest BCUT2D eigenvalue weighted by molar-refractivity contribution is 6.21. The van der Waals surface area contributed by atoms with Crippen molar-refractivity contribution in [3.05, 3.63) is 193 Å². The van der Waals surface area contributed by atoms with E-state index in [1.807, 2.05) is 0 Å². The molecule has 2 nitrogen and oxygen atoms in total. The molecule has 10 rings (SSSR count). The molecule has 0 atom stereocenters. The molecule has 1 heterocycles. The number of fused-ring (bicyclic) bond motifs is 8. The van der Waals surface area contributed by atoms with E-state index in [1.54, 1.807) is 0 Å². The Morgan fingerprint density at radius 3 is 1.94 bits per heavy atom. The highest BCUT2D eigenvalue weighted by Crippen LogP contribution is 2.54. The van der Waals surface area contributed by atoms with Gasteiger partial charge in [-0.15, -0.1) is 0 Å². The molecule has 0 amide bonds. The SMILES string of the molecule is CC1(C)c2ccccc2-c2cccc(N(c3ccccc3)c3ccc(-c4ccc5c(c4)c4c6ccccc6ccc4n5-c4ccccc4)cc3)c21. The minimum atomic E-state index is -0.131. The van der Waals surface area contributed by atoms with Crippen LogP contribution in [0.5, 0.6) is 0 Å². The molecule has 242 valence electrons. The Morgan fingerprint density at radius 1 is 0.471 bits per heavy atom. The van der Waals surface area contributed by atoms with Crippen LogP contribution >= 0.6 is 0 Å². The zero-order valence-corrected chi connectivity index (χ0v) is 28.7. The summed E-state index contributed by atoms with van der Waals surface area (Å²) in [5, 5.41) is 5.09. The lowest BCUT2D eigenvalue weighted by atomic mass is 9.81. The summed E-state index contributed by atoms with van der Waals surface area (Å²) >= 11 is 0. The second kappa shape index (κ2) is 11.3. The number of para-hydroxylation sites is 2. The largest absolute Gasteiger partial charge is 0.310 e. The van der Waals surface area contributed by atoms with Crippen molar-refractivity contribution in [3.8, 4) is 27.9 Å². The maximum Gasteiger partial charge on any atom is 0.0547 e. The minimum absolute atomic E-state index is 0.131. The molecule has 8 aromatic carbocycles. The van der Waals surface area contributed by atoms with Crippen LogP contribution in [0, 0.1) is 0 Å². The molecule has 1 aliphatic carbocycles. The fourth-order valence-electron chi connectivity index (χ4n) is 8.64. The summed E-state index contributed by atoms with van der Waals surface area (Å²) in [4.78, 5) is 2.43. The first kappa shape index (κ1) is 29.5. The smallest absolute Gasteiger partial charge is 0.0547 e. The van der Waals surface area contributed by atoms with Gasteiger partial charge < -0.3 is 9.47 Å². The molecule has 0 radical (unpaired) electrons. The lowest BCUT2D eigenvalue weighted by molar-refractivity contribution is 0.661. The zero-order valence-electron chi connectivity index (χ0n) is 28.7. The van der Waals surface area contributed by atoms with E-state index in [1.165, 1.54) is 77.3 Å². The summed E-state index contributed by atoms with van der Waals surface area (Å²) in [6.07, 6.45) is 0. The fraction of sp³-hybridized carbons (Fsp3) is 0.0612. The van der Waals surface area contributed by atoms with Crippen molar-refractivity contribution in [3.63, 3.8) is 0 Å². The number of aromatic nitrogens is 1. The normalized spacial score (nSPS) is 13.1. The molecule has 0 unspecified atom stereocenters. The maximum atomic E-state index is 2.43. The van der Waals surface area contributed by atoms with E-state index in [-0.39, 0.29) is 5.41 Å². The van der Waals surface area contributed by atoms with E-state index in [0.29, 0.717) is 0 Å². The van der Waals surface area contributed by atoms with E-state index in [0.717, 1.165) is 11.4 Å². The third kappa shape index (κ3) is 4.50. The van der Waals surface area contributed by atoms with E-state index in [4.69, 9.17) is 0 Å². The summed E-state index contributed by atoms with van der Waals surface area (Å²) in [6.45, 7) is 4.73. The van der Waals surface area contributed by atoms with Gasteiger partial charge in [-0.3, -0.25) is 0 Å². The summed E-state index contributed by atoms with van der Waals surface area (Å²) in [7, 11) is 0. The quantitative estimate of drug-likeness (QED) is 0.180. The van der Waals surface area contributed by atoms with Crippen molar-refractivity contribution >= 4 is 49.6 Å². The molecule has 0 fully saturated rings. The molecule has 0 N–H and O–H groups in total. The second-order valence-corrected chi connectivity index (χ2v) is 14.2. The second-order valence-electron chi connectivity index (χ2n) is 14.2. The molecule has 2 heteroatoms. The Hall–Kier alpha value is -6.38.